The van der Waals surface area contributed by atoms with Crippen LogP contribution in [0.2, 0.25) is 0 Å². The van der Waals surface area contributed by atoms with Crippen LogP contribution in [0, 0.1) is 6.92 Å². The molecule has 2 aromatic rings. The maximum atomic E-state index is 11.8. The van der Waals surface area contributed by atoms with Crippen molar-refractivity contribution >= 4 is 32.9 Å². The molecule has 1 fully saturated rings. The summed E-state index contributed by atoms with van der Waals surface area (Å²) in [7, 11) is 0. The first-order valence-electron chi connectivity index (χ1n) is 7.38. The van der Waals surface area contributed by atoms with Crippen molar-refractivity contribution in [3.05, 3.63) is 29.3 Å². The third-order valence-electron chi connectivity index (χ3n) is 4.17. The van der Waals surface area contributed by atoms with E-state index in [2.05, 4.69) is 37.6 Å². The number of aromatic nitrogens is 4. The van der Waals surface area contributed by atoms with E-state index in [1.807, 2.05) is 16.5 Å². The number of carbonyl (C=O) groups excluding carboxylic acids is 1. The van der Waals surface area contributed by atoms with Gasteiger partial charge in [0.25, 0.3) is 0 Å². The topological polar surface area (TPSA) is 63.9 Å². The molecule has 1 aliphatic rings. The molecule has 3 heterocycles. The van der Waals surface area contributed by atoms with Crippen molar-refractivity contribution < 1.29 is 4.79 Å². The van der Waals surface area contributed by atoms with Crippen LogP contribution in [0.15, 0.2) is 23.6 Å². The second kappa shape index (κ2) is 6.16. The second-order valence-corrected chi connectivity index (χ2v) is 6.26. The number of amides is 1. The third kappa shape index (κ3) is 2.65. The molecule has 7 heteroatoms. The molecule has 0 radical (unpaired) electrons. The van der Waals surface area contributed by atoms with Gasteiger partial charge in [0.15, 0.2) is 5.65 Å². The van der Waals surface area contributed by atoms with E-state index in [1.165, 1.54) is 6.08 Å². The molecule has 2 aromatic heterocycles. The molecule has 1 saturated heterocycles. The number of nitrogens with zero attached hydrogens (tertiary/aromatic N) is 5. The minimum Gasteiger partial charge on any atom is -0.339 e. The Balaban J connectivity index is 1.90. The van der Waals surface area contributed by atoms with Gasteiger partial charge in [0.05, 0.1) is 17.1 Å². The Morgan fingerprint density at radius 2 is 2.23 bits per heavy atom. The van der Waals surface area contributed by atoms with Crippen LogP contribution >= 0.6 is 15.9 Å². The highest BCUT2D eigenvalue weighted by Crippen LogP contribution is 2.30. The maximum absolute atomic E-state index is 11.8. The predicted molar refractivity (Wildman–Crippen MR) is 87.4 cm³/mol. The van der Waals surface area contributed by atoms with E-state index >= 15 is 0 Å². The lowest BCUT2D eigenvalue weighted by molar-refractivity contribution is -0.125. The van der Waals surface area contributed by atoms with Crippen molar-refractivity contribution in [2.45, 2.75) is 32.2 Å². The Kier molecular flexibility index (Phi) is 4.24. The van der Waals surface area contributed by atoms with E-state index in [0.29, 0.717) is 0 Å². The Labute approximate surface area is 137 Å². The molecule has 0 unspecified atom stereocenters. The van der Waals surface area contributed by atoms with Gasteiger partial charge in [-0.25, -0.2) is 14.6 Å². The fourth-order valence-electron chi connectivity index (χ4n) is 3.00. The molecule has 0 aliphatic carbocycles. The number of rotatable bonds is 2. The molecular formula is C15H18BrN5O. The molecule has 0 saturated carbocycles. The normalized spacial score (nSPS) is 19.2. The van der Waals surface area contributed by atoms with Crippen molar-refractivity contribution in [2.24, 2.45) is 0 Å². The summed E-state index contributed by atoms with van der Waals surface area (Å²) in [5.74, 6) is 0.00493. The highest BCUT2D eigenvalue weighted by molar-refractivity contribution is 9.10. The zero-order valence-electron chi connectivity index (χ0n) is 12.5. The summed E-state index contributed by atoms with van der Waals surface area (Å²) in [6.45, 7) is 7.02. The monoisotopic (exact) mass is 363 g/mol. The van der Waals surface area contributed by atoms with E-state index in [4.69, 9.17) is 0 Å². The lowest BCUT2D eigenvalue weighted by Crippen LogP contribution is -2.30. The third-order valence-corrected chi connectivity index (χ3v) is 4.72. The molecule has 22 heavy (non-hydrogen) atoms. The molecule has 3 rings (SSSR count). The highest BCUT2D eigenvalue weighted by atomic mass is 79.9. The largest absolute Gasteiger partial charge is 0.339 e. The van der Waals surface area contributed by atoms with Crippen molar-refractivity contribution in [1.29, 1.82) is 0 Å². The summed E-state index contributed by atoms with van der Waals surface area (Å²) in [5.41, 5.74) is 1.77. The fourth-order valence-corrected chi connectivity index (χ4v) is 3.63. The van der Waals surface area contributed by atoms with Gasteiger partial charge in [-0.1, -0.05) is 6.58 Å². The van der Waals surface area contributed by atoms with E-state index in [1.54, 1.807) is 6.33 Å². The van der Waals surface area contributed by atoms with Gasteiger partial charge in [-0.05, 0) is 48.2 Å². The number of hydrogen-bond acceptors (Lipinski definition) is 4. The molecule has 6 nitrogen and oxygen atoms in total. The highest BCUT2D eigenvalue weighted by Gasteiger charge is 2.24. The minimum absolute atomic E-state index is 0.00493. The molecule has 0 spiro atoms. The summed E-state index contributed by atoms with van der Waals surface area (Å²) in [5, 5.41) is 5.58. The van der Waals surface area contributed by atoms with Crippen molar-refractivity contribution in [3.63, 3.8) is 0 Å². The van der Waals surface area contributed by atoms with Crippen LogP contribution in [-0.4, -0.2) is 43.6 Å². The van der Waals surface area contributed by atoms with Gasteiger partial charge < -0.3 is 4.90 Å². The van der Waals surface area contributed by atoms with Gasteiger partial charge in [-0.3, -0.25) is 4.79 Å². The van der Waals surface area contributed by atoms with Crippen LogP contribution in [0.1, 0.15) is 31.0 Å². The van der Waals surface area contributed by atoms with Crippen LogP contribution in [-0.2, 0) is 4.79 Å². The minimum atomic E-state index is 0.00493. The molecule has 1 amide bonds. The van der Waals surface area contributed by atoms with E-state index in [-0.39, 0.29) is 11.9 Å². The lowest BCUT2D eigenvalue weighted by atomic mass is 10.1. The number of fused-ring (bicyclic) bond motifs is 1. The summed E-state index contributed by atoms with van der Waals surface area (Å²) in [4.78, 5) is 22.3. The molecule has 1 aliphatic heterocycles. The van der Waals surface area contributed by atoms with Gasteiger partial charge >= 0.3 is 0 Å². The molecule has 0 N–H and O–H groups in total. The van der Waals surface area contributed by atoms with Crippen molar-refractivity contribution in [1.82, 2.24) is 24.6 Å². The van der Waals surface area contributed by atoms with Gasteiger partial charge in [-0.2, -0.15) is 5.10 Å². The molecule has 1 atom stereocenters. The number of hydrogen-bond donors (Lipinski definition) is 0. The number of carbonyl (C=O) groups is 1. The molecule has 116 valence electrons. The first kappa shape index (κ1) is 15.1. The van der Waals surface area contributed by atoms with Gasteiger partial charge in [-0.15, -0.1) is 0 Å². The quantitative estimate of drug-likeness (QED) is 0.769. The number of likely N-dealkylation sites (tertiary alicyclic amines) is 1. The average molecular weight is 364 g/mol. The zero-order valence-corrected chi connectivity index (χ0v) is 14.1. The van der Waals surface area contributed by atoms with Gasteiger partial charge in [0.2, 0.25) is 5.91 Å². The van der Waals surface area contributed by atoms with Crippen molar-refractivity contribution in [3.8, 4) is 0 Å². The number of halogens is 1. The molecular weight excluding hydrogens is 346 g/mol. The predicted octanol–water partition coefficient (Wildman–Crippen LogP) is 2.64. The second-order valence-electron chi connectivity index (χ2n) is 5.51. The lowest BCUT2D eigenvalue weighted by Gasteiger charge is -2.19. The maximum Gasteiger partial charge on any atom is 0.245 e. The van der Waals surface area contributed by atoms with E-state index in [9.17, 15) is 4.79 Å². The Bertz CT molecular complexity index is 726. The SMILES string of the molecule is C=CC(=O)N1CCC[C@H](n2nc(Br)c3c(C)ncnc32)CC1. The fraction of sp³-hybridized carbons (Fsp3) is 0.467. The molecule has 0 aromatic carbocycles. The smallest absolute Gasteiger partial charge is 0.245 e. The number of aryl methyl sites for hydroxylation is 1. The Hall–Kier alpha value is -1.76. The van der Waals surface area contributed by atoms with E-state index in [0.717, 1.165) is 53.7 Å². The summed E-state index contributed by atoms with van der Waals surface area (Å²) < 4.78 is 2.76. The average Bonchev–Trinajstić information content (AvgIpc) is 2.72. The molecule has 0 bridgehead atoms. The zero-order chi connectivity index (χ0) is 15.7. The Morgan fingerprint density at radius 3 is 3.00 bits per heavy atom. The van der Waals surface area contributed by atoms with Crippen LogP contribution in [0.5, 0.6) is 0 Å². The van der Waals surface area contributed by atoms with Crippen LogP contribution in [0.3, 0.4) is 0 Å². The Morgan fingerprint density at radius 1 is 1.41 bits per heavy atom. The van der Waals surface area contributed by atoms with Gasteiger partial charge in [0.1, 0.15) is 10.9 Å². The standard InChI is InChI=1S/C15H18BrN5O/c1-3-12(22)20-7-4-5-11(6-8-20)21-15-13(14(16)19-21)10(2)17-9-18-15/h3,9,11H,1,4-8H2,2H3/t11-/m0/s1. The van der Waals surface area contributed by atoms with Crippen LogP contribution in [0.25, 0.3) is 11.0 Å². The first-order valence-corrected chi connectivity index (χ1v) is 8.17. The summed E-state index contributed by atoms with van der Waals surface area (Å²) in [6, 6.07) is 0.241. The summed E-state index contributed by atoms with van der Waals surface area (Å²) in [6.07, 6.45) is 5.76. The van der Waals surface area contributed by atoms with Crippen LogP contribution < -0.4 is 0 Å². The van der Waals surface area contributed by atoms with Crippen LogP contribution in [0.4, 0.5) is 0 Å². The summed E-state index contributed by atoms with van der Waals surface area (Å²) >= 11 is 3.51. The van der Waals surface area contributed by atoms with E-state index < -0.39 is 0 Å². The van der Waals surface area contributed by atoms with Crippen molar-refractivity contribution in [2.75, 3.05) is 13.1 Å². The first-order chi connectivity index (χ1) is 10.6. The van der Waals surface area contributed by atoms with Gasteiger partial charge in [0, 0.05) is 13.1 Å².